The van der Waals surface area contributed by atoms with Gasteiger partial charge in [0.2, 0.25) is 9.84 Å². The van der Waals surface area contributed by atoms with Crippen molar-refractivity contribution in [1.82, 2.24) is 0 Å². The first-order chi connectivity index (χ1) is 15.2. The normalized spacial score (nSPS) is 16.8. The molecule has 0 radical (unpaired) electrons. The summed E-state index contributed by atoms with van der Waals surface area (Å²) in [7, 11) is -4.16. The lowest BCUT2D eigenvalue weighted by Gasteiger charge is -2.27. The zero-order valence-corrected chi connectivity index (χ0v) is 19.1. The maximum Gasteiger partial charge on any atom is 0.295 e. The maximum absolute atomic E-state index is 13.5. The maximum atomic E-state index is 13.5. The largest absolute Gasteiger partial charge is 0.502 e. The van der Waals surface area contributed by atoms with E-state index in [1.807, 2.05) is 12.1 Å². The second-order valence-electron chi connectivity index (χ2n) is 7.90. The highest BCUT2D eigenvalue weighted by atomic mass is 35.5. The van der Waals surface area contributed by atoms with Crippen LogP contribution >= 0.6 is 11.6 Å². The molecule has 164 valence electrons. The van der Waals surface area contributed by atoms with E-state index in [1.54, 1.807) is 54.6 Å². The summed E-state index contributed by atoms with van der Waals surface area (Å²) in [5, 5.41) is 11.3. The molecular formula is C25H22ClNO4S. The lowest BCUT2D eigenvalue weighted by atomic mass is 10.0. The molecule has 1 amide bonds. The number of hydrogen-bond acceptors (Lipinski definition) is 4. The van der Waals surface area contributed by atoms with Crippen LogP contribution in [-0.4, -0.2) is 19.4 Å². The number of sulfone groups is 1. The lowest BCUT2D eigenvalue weighted by Crippen LogP contribution is -2.31. The summed E-state index contributed by atoms with van der Waals surface area (Å²) in [4.78, 5) is 14.2. The Hall–Kier alpha value is -3.09. The highest BCUT2D eigenvalue weighted by molar-refractivity contribution is 7.95. The Kier molecular flexibility index (Phi) is 5.84. The minimum absolute atomic E-state index is 0.00493. The molecule has 1 aliphatic heterocycles. The number of hydrogen-bond donors (Lipinski definition) is 1. The molecule has 3 aromatic carbocycles. The summed E-state index contributed by atoms with van der Waals surface area (Å²) in [6.07, 6.45) is 0. The summed E-state index contributed by atoms with van der Waals surface area (Å²) in [6, 6.07) is 20.7. The van der Waals surface area contributed by atoms with Crippen molar-refractivity contribution in [2.75, 3.05) is 4.90 Å². The smallest absolute Gasteiger partial charge is 0.295 e. The summed E-state index contributed by atoms with van der Waals surface area (Å²) < 4.78 is 27.1. The number of rotatable bonds is 5. The number of amides is 1. The molecular weight excluding hydrogens is 446 g/mol. The standard InChI is InChI=1S/C25H22ClNO4S/c1-16(2)17-10-14-20(15-11-17)27-22(18-8-12-19(26)13-9-18)24(23(28)25(27)29)32(30,31)21-6-4-3-5-7-21/h3-16,22,28H,1-2H3/t22-/m1/s1. The molecule has 1 N–H and O–H groups in total. The van der Waals surface area contributed by atoms with E-state index in [1.165, 1.54) is 17.0 Å². The van der Waals surface area contributed by atoms with E-state index in [0.717, 1.165) is 5.56 Å². The molecule has 0 aromatic heterocycles. The first-order valence-corrected chi connectivity index (χ1v) is 12.0. The molecule has 0 fully saturated rings. The Morgan fingerprint density at radius 3 is 2.06 bits per heavy atom. The zero-order chi connectivity index (χ0) is 23.0. The van der Waals surface area contributed by atoms with E-state index in [9.17, 15) is 18.3 Å². The van der Waals surface area contributed by atoms with Gasteiger partial charge in [-0.3, -0.25) is 9.69 Å². The van der Waals surface area contributed by atoms with Crippen LogP contribution in [0.3, 0.4) is 0 Å². The Labute approximate surface area is 192 Å². The molecule has 4 rings (SSSR count). The number of carbonyl (C=O) groups excluding carboxylic acids is 1. The molecule has 7 heteroatoms. The van der Waals surface area contributed by atoms with Gasteiger partial charge in [0.15, 0.2) is 5.76 Å². The Balaban J connectivity index is 1.90. The molecule has 0 bridgehead atoms. The van der Waals surface area contributed by atoms with Crippen molar-refractivity contribution in [3.05, 3.63) is 106 Å². The van der Waals surface area contributed by atoms with Gasteiger partial charge >= 0.3 is 0 Å². The van der Waals surface area contributed by atoms with Crippen molar-refractivity contribution in [2.45, 2.75) is 30.7 Å². The molecule has 1 heterocycles. The van der Waals surface area contributed by atoms with E-state index in [2.05, 4.69) is 13.8 Å². The third-order valence-electron chi connectivity index (χ3n) is 5.53. The lowest BCUT2D eigenvalue weighted by molar-refractivity contribution is -0.117. The van der Waals surface area contributed by atoms with Gasteiger partial charge in [0, 0.05) is 10.7 Å². The minimum Gasteiger partial charge on any atom is -0.502 e. The van der Waals surface area contributed by atoms with Crippen molar-refractivity contribution in [3.63, 3.8) is 0 Å². The van der Waals surface area contributed by atoms with Crippen LogP contribution in [0.15, 0.2) is 94.4 Å². The van der Waals surface area contributed by atoms with Gasteiger partial charge in [0.25, 0.3) is 5.91 Å². The minimum atomic E-state index is -4.16. The summed E-state index contributed by atoms with van der Waals surface area (Å²) >= 11 is 6.04. The van der Waals surface area contributed by atoms with Crippen LogP contribution in [0.1, 0.15) is 36.9 Å². The quantitative estimate of drug-likeness (QED) is 0.515. The van der Waals surface area contributed by atoms with Crippen LogP contribution in [0, 0.1) is 0 Å². The monoisotopic (exact) mass is 467 g/mol. The van der Waals surface area contributed by atoms with Crippen LogP contribution in [0.25, 0.3) is 0 Å². The van der Waals surface area contributed by atoms with Crippen molar-refractivity contribution in [1.29, 1.82) is 0 Å². The second-order valence-corrected chi connectivity index (χ2v) is 10.3. The SMILES string of the molecule is CC(C)c1ccc(N2C(=O)C(O)=C(S(=O)(=O)c3ccccc3)[C@H]2c2ccc(Cl)cc2)cc1. The topological polar surface area (TPSA) is 74.7 Å². The fraction of sp³-hybridized carbons (Fsp3) is 0.160. The van der Waals surface area contributed by atoms with Gasteiger partial charge in [-0.15, -0.1) is 0 Å². The molecule has 5 nitrogen and oxygen atoms in total. The fourth-order valence-electron chi connectivity index (χ4n) is 3.82. The number of aliphatic hydroxyl groups excluding tert-OH is 1. The highest BCUT2D eigenvalue weighted by Gasteiger charge is 2.47. The molecule has 0 spiro atoms. The Morgan fingerprint density at radius 2 is 1.50 bits per heavy atom. The average Bonchev–Trinajstić information content (AvgIpc) is 3.06. The Bertz CT molecular complexity index is 1280. The highest BCUT2D eigenvalue weighted by Crippen LogP contribution is 2.45. The van der Waals surface area contributed by atoms with Gasteiger partial charge in [-0.2, -0.15) is 0 Å². The van der Waals surface area contributed by atoms with E-state index in [4.69, 9.17) is 11.6 Å². The molecule has 0 saturated heterocycles. The van der Waals surface area contributed by atoms with Gasteiger partial charge in [-0.1, -0.05) is 67.9 Å². The molecule has 32 heavy (non-hydrogen) atoms. The molecule has 0 unspecified atom stereocenters. The fourth-order valence-corrected chi connectivity index (χ4v) is 5.59. The zero-order valence-electron chi connectivity index (χ0n) is 17.6. The van der Waals surface area contributed by atoms with Gasteiger partial charge in [-0.25, -0.2) is 8.42 Å². The van der Waals surface area contributed by atoms with E-state index in [-0.39, 0.29) is 9.80 Å². The van der Waals surface area contributed by atoms with Crippen molar-refractivity contribution >= 4 is 33.0 Å². The third-order valence-corrected chi connectivity index (χ3v) is 7.67. The van der Waals surface area contributed by atoms with Gasteiger partial charge < -0.3 is 5.11 Å². The first kappa shape index (κ1) is 22.1. The summed E-state index contributed by atoms with van der Waals surface area (Å²) in [5.74, 6) is -1.25. The molecule has 1 atom stereocenters. The molecule has 0 aliphatic carbocycles. The second kappa shape index (κ2) is 8.45. The van der Waals surface area contributed by atoms with E-state index in [0.29, 0.717) is 22.2 Å². The molecule has 0 saturated carbocycles. The van der Waals surface area contributed by atoms with Gasteiger partial charge in [-0.05, 0) is 53.4 Å². The van der Waals surface area contributed by atoms with Crippen LogP contribution in [-0.2, 0) is 14.6 Å². The van der Waals surface area contributed by atoms with Crippen LogP contribution in [0.4, 0.5) is 5.69 Å². The van der Waals surface area contributed by atoms with Crippen LogP contribution < -0.4 is 4.90 Å². The first-order valence-electron chi connectivity index (χ1n) is 10.1. The average molecular weight is 468 g/mol. The predicted molar refractivity (Wildman–Crippen MR) is 125 cm³/mol. The Morgan fingerprint density at radius 1 is 0.906 bits per heavy atom. The number of nitrogens with zero attached hydrogens (tertiary/aromatic N) is 1. The molecule has 3 aromatic rings. The van der Waals surface area contributed by atoms with Crippen molar-refractivity contribution in [2.24, 2.45) is 0 Å². The van der Waals surface area contributed by atoms with Gasteiger partial charge in [0.05, 0.1) is 4.90 Å². The number of halogens is 1. The molecule has 1 aliphatic rings. The number of carbonyl (C=O) groups is 1. The summed E-state index contributed by atoms with van der Waals surface area (Å²) in [6.45, 7) is 4.12. The predicted octanol–water partition coefficient (Wildman–Crippen LogP) is 5.79. The van der Waals surface area contributed by atoms with Gasteiger partial charge in [0.1, 0.15) is 10.9 Å². The van der Waals surface area contributed by atoms with Crippen molar-refractivity contribution in [3.8, 4) is 0 Å². The van der Waals surface area contributed by atoms with E-state index >= 15 is 0 Å². The number of anilines is 1. The van der Waals surface area contributed by atoms with Crippen LogP contribution in [0.5, 0.6) is 0 Å². The number of benzene rings is 3. The summed E-state index contributed by atoms with van der Waals surface area (Å²) in [5.41, 5.74) is 2.09. The third kappa shape index (κ3) is 3.80. The van der Waals surface area contributed by atoms with Crippen molar-refractivity contribution < 1.29 is 18.3 Å². The van der Waals surface area contributed by atoms with Crippen LogP contribution in [0.2, 0.25) is 5.02 Å². The van der Waals surface area contributed by atoms with E-state index < -0.39 is 27.5 Å². The number of aliphatic hydroxyl groups is 1.